The third-order valence-corrected chi connectivity index (χ3v) is 11.1. The van der Waals surface area contributed by atoms with Crippen LogP contribution < -0.4 is 16.0 Å². The molecule has 0 aliphatic carbocycles. The quantitative estimate of drug-likeness (QED) is 0.0984. The van der Waals surface area contributed by atoms with Crippen molar-refractivity contribution in [2.75, 3.05) is 20.2 Å². The molecule has 1 saturated heterocycles. The highest BCUT2D eigenvalue weighted by atomic mass is 16.5. The van der Waals surface area contributed by atoms with Gasteiger partial charge in [0.15, 0.2) is 0 Å². The van der Waals surface area contributed by atoms with Crippen molar-refractivity contribution in [1.82, 2.24) is 30.7 Å². The van der Waals surface area contributed by atoms with Crippen LogP contribution >= 0.6 is 0 Å². The summed E-state index contributed by atoms with van der Waals surface area (Å²) >= 11 is 0. The lowest BCUT2D eigenvalue weighted by atomic mass is 9.84. The molecule has 0 saturated carbocycles. The largest absolute Gasteiger partial charge is 0.453 e. The van der Waals surface area contributed by atoms with Gasteiger partial charge in [0.05, 0.1) is 24.9 Å². The number of carbonyl (C=O) groups excluding carboxylic acids is 4. The number of hydrogen-bond donors (Lipinski definition) is 4. The van der Waals surface area contributed by atoms with E-state index in [2.05, 4.69) is 20.9 Å². The van der Waals surface area contributed by atoms with Crippen LogP contribution in [0.5, 0.6) is 0 Å². The van der Waals surface area contributed by atoms with Crippen LogP contribution in [-0.2, 0) is 33.7 Å². The highest BCUT2D eigenvalue weighted by molar-refractivity contribution is 5.89. The fourth-order valence-corrected chi connectivity index (χ4v) is 7.81. The number of aryl methyl sites for hydroxylation is 1. The maximum Gasteiger partial charge on any atom is 0.407 e. The molecule has 5 amide bonds. The van der Waals surface area contributed by atoms with Crippen molar-refractivity contribution in [3.63, 3.8) is 0 Å². The van der Waals surface area contributed by atoms with Gasteiger partial charge in [-0.15, -0.1) is 0 Å². The minimum Gasteiger partial charge on any atom is -0.453 e. The molecule has 60 heavy (non-hydrogen) atoms. The van der Waals surface area contributed by atoms with Gasteiger partial charge in [0.25, 0.3) is 0 Å². The van der Waals surface area contributed by atoms with Crippen molar-refractivity contribution in [2.24, 2.45) is 10.8 Å². The van der Waals surface area contributed by atoms with Crippen LogP contribution in [0, 0.1) is 17.8 Å². The number of nitrogens with zero attached hydrogens (tertiary/aromatic N) is 3. The van der Waals surface area contributed by atoms with Crippen molar-refractivity contribution < 1.29 is 29.0 Å². The number of benzene rings is 3. The Morgan fingerprint density at radius 3 is 2.03 bits per heavy atom. The fourth-order valence-electron chi connectivity index (χ4n) is 7.81. The zero-order chi connectivity index (χ0) is 43.6. The van der Waals surface area contributed by atoms with Gasteiger partial charge in [-0.25, -0.2) is 9.59 Å². The summed E-state index contributed by atoms with van der Waals surface area (Å²) in [4.78, 5) is 62.9. The molecule has 5 rings (SSSR count). The molecule has 12 heteroatoms. The number of carbonyl (C=O) groups is 4. The second kappa shape index (κ2) is 20.0. The van der Waals surface area contributed by atoms with Crippen LogP contribution in [-0.4, -0.2) is 94.3 Å². The summed E-state index contributed by atoms with van der Waals surface area (Å²) in [5.41, 5.74) is 4.38. The Bertz CT molecular complexity index is 2050. The number of rotatable bonds is 16. The van der Waals surface area contributed by atoms with Gasteiger partial charge in [-0.05, 0) is 71.4 Å². The minimum absolute atomic E-state index is 0.0631. The lowest BCUT2D eigenvalue weighted by Crippen LogP contribution is -2.59. The number of ether oxygens (including phenoxy) is 1. The first-order valence-electron chi connectivity index (χ1n) is 20.7. The first-order valence-corrected chi connectivity index (χ1v) is 20.7. The van der Waals surface area contributed by atoms with Crippen LogP contribution in [0.25, 0.3) is 11.3 Å². The van der Waals surface area contributed by atoms with E-state index in [1.54, 1.807) is 16.0 Å². The van der Waals surface area contributed by atoms with E-state index in [9.17, 15) is 24.3 Å². The summed E-state index contributed by atoms with van der Waals surface area (Å²) in [6.45, 7) is 14.7. The number of alkyl carbamates (subject to hydrolysis) is 1. The average Bonchev–Trinajstić information content (AvgIpc) is 3.55. The highest BCUT2D eigenvalue weighted by Gasteiger charge is 2.44. The molecule has 1 aliphatic heterocycles. The number of aliphatic hydroxyl groups excluding tert-OH is 1. The molecule has 1 aliphatic rings. The summed E-state index contributed by atoms with van der Waals surface area (Å²) < 4.78 is 4.85. The van der Waals surface area contributed by atoms with Crippen molar-refractivity contribution in [3.8, 4) is 11.3 Å². The average molecular weight is 819 g/mol. The molecule has 0 radical (unpaired) electrons. The normalized spacial score (nSPS) is 15.7. The third kappa shape index (κ3) is 12.2. The molecule has 0 spiro atoms. The van der Waals surface area contributed by atoms with E-state index >= 15 is 0 Å². The molecule has 0 bridgehead atoms. The number of aromatic nitrogens is 1. The van der Waals surface area contributed by atoms with Crippen molar-refractivity contribution in [2.45, 2.75) is 105 Å². The molecule has 5 atom stereocenters. The first kappa shape index (κ1) is 45.3. The Morgan fingerprint density at radius 1 is 0.767 bits per heavy atom. The molecule has 3 aromatic carbocycles. The van der Waals surface area contributed by atoms with E-state index in [0.29, 0.717) is 32.5 Å². The van der Waals surface area contributed by atoms with E-state index in [-0.39, 0.29) is 18.4 Å². The Balaban J connectivity index is 1.42. The van der Waals surface area contributed by atoms with Crippen LogP contribution in [0.2, 0.25) is 0 Å². The van der Waals surface area contributed by atoms with Crippen LogP contribution in [0.15, 0.2) is 103 Å². The highest BCUT2D eigenvalue weighted by Crippen LogP contribution is 2.30. The van der Waals surface area contributed by atoms with Crippen LogP contribution in [0.4, 0.5) is 9.59 Å². The van der Waals surface area contributed by atoms with Gasteiger partial charge < -0.3 is 35.6 Å². The molecular formula is C48H62N6O6. The number of nitrogens with one attached hydrogen (secondary N) is 3. The number of methoxy groups -OCH3 is 1. The molecule has 1 aromatic heterocycles. The zero-order valence-electron chi connectivity index (χ0n) is 36.3. The molecule has 320 valence electrons. The van der Waals surface area contributed by atoms with E-state index in [0.717, 1.165) is 33.5 Å². The molecule has 0 unspecified atom stereocenters. The van der Waals surface area contributed by atoms with Crippen LogP contribution in [0.1, 0.15) is 70.2 Å². The van der Waals surface area contributed by atoms with Crippen molar-refractivity contribution in [3.05, 3.63) is 126 Å². The number of pyridine rings is 1. The van der Waals surface area contributed by atoms with Gasteiger partial charge in [-0.1, -0.05) is 126 Å². The van der Waals surface area contributed by atoms with Gasteiger partial charge in [0, 0.05) is 37.4 Å². The molecule has 2 heterocycles. The maximum absolute atomic E-state index is 14.6. The van der Waals surface area contributed by atoms with Gasteiger partial charge in [0.2, 0.25) is 11.8 Å². The summed E-state index contributed by atoms with van der Waals surface area (Å²) in [6.07, 6.45) is 0.570. The van der Waals surface area contributed by atoms with E-state index < -0.39 is 53.1 Å². The van der Waals surface area contributed by atoms with Crippen molar-refractivity contribution in [1.29, 1.82) is 0 Å². The van der Waals surface area contributed by atoms with Gasteiger partial charge in [-0.2, -0.15) is 0 Å². The number of amides is 5. The predicted molar refractivity (Wildman–Crippen MR) is 234 cm³/mol. The van der Waals surface area contributed by atoms with Gasteiger partial charge in [-0.3, -0.25) is 14.6 Å². The Kier molecular flexibility index (Phi) is 15.1. The Hall–Kier alpha value is -5.75. The first-order chi connectivity index (χ1) is 28.4. The topological polar surface area (TPSA) is 153 Å². The minimum atomic E-state index is -1.14. The fraction of sp³-hybridized carbons (Fsp3) is 0.438. The summed E-state index contributed by atoms with van der Waals surface area (Å²) in [7, 11) is 1.24. The molecule has 1 fully saturated rings. The van der Waals surface area contributed by atoms with Crippen molar-refractivity contribution >= 4 is 23.9 Å². The number of aliphatic hydroxyl groups is 1. The summed E-state index contributed by atoms with van der Waals surface area (Å²) in [6, 6.07) is 27.8. The van der Waals surface area contributed by atoms with Gasteiger partial charge >= 0.3 is 12.1 Å². The zero-order valence-corrected chi connectivity index (χ0v) is 36.3. The number of hydrogen-bond acceptors (Lipinski definition) is 7. The van der Waals surface area contributed by atoms with Crippen LogP contribution in [0.3, 0.4) is 0 Å². The molecular weight excluding hydrogens is 757 g/mol. The smallest absolute Gasteiger partial charge is 0.407 e. The second-order valence-corrected chi connectivity index (χ2v) is 18.0. The SMILES string of the molecule is COC(=O)N[C@H](C(=O)N[C@H](Cc1ccc(-c2ccccn2)cc1)C[C@H](O)[C@H](Cc1ccccc1)NC(=O)[C@@H](N1CCN(Cc2ccccc2C)C1=O)C(C)(C)C)C(C)(C)C. The molecule has 12 nitrogen and oxygen atoms in total. The Labute approximate surface area is 355 Å². The lowest BCUT2D eigenvalue weighted by molar-refractivity contribution is -0.131. The number of urea groups is 1. The van der Waals surface area contributed by atoms with E-state index in [1.807, 2.05) is 146 Å². The summed E-state index contributed by atoms with van der Waals surface area (Å²) in [5, 5.41) is 21.2. The monoisotopic (exact) mass is 818 g/mol. The van der Waals surface area contributed by atoms with E-state index in [4.69, 9.17) is 4.74 Å². The third-order valence-electron chi connectivity index (χ3n) is 11.1. The lowest BCUT2D eigenvalue weighted by Gasteiger charge is -2.38. The molecule has 4 aromatic rings. The Morgan fingerprint density at radius 2 is 1.42 bits per heavy atom. The standard InChI is InChI=1S/C48H62N6O6/c1-32-16-12-13-19-36(32)31-53-26-27-54(46(53)59)42(48(5,6)7)44(57)51-39(29-33-17-10-9-11-18-33)40(55)30-37(50-43(56)41(47(2,3)4)52-45(58)60-8)28-34-21-23-35(24-22-34)38-20-14-15-25-49-38/h9-25,37,39-42,55H,26-31H2,1-8H3,(H,50,56)(H,51,57)(H,52,58)/t37-,39+,40+,41-,42-/m1/s1. The predicted octanol–water partition coefficient (Wildman–Crippen LogP) is 6.69. The second-order valence-electron chi connectivity index (χ2n) is 18.0. The molecule has 4 N–H and O–H groups in total. The summed E-state index contributed by atoms with van der Waals surface area (Å²) in [5.74, 6) is -0.802. The maximum atomic E-state index is 14.6. The van der Waals surface area contributed by atoms with E-state index in [1.165, 1.54) is 7.11 Å². The van der Waals surface area contributed by atoms with Gasteiger partial charge in [0.1, 0.15) is 12.1 Å².